The molecule has 0 radical (unpaired) electrons. The number of aromatic amines is 1. The third-order valence-electron chi connectivity index (χ3n) is 6.33. The molecule has 0 unspecified atom stereocenters. The number of methoxy groups -OCH3 is 1. The number of rotatable bonds is 8. The summed E-state index contributed by atoms with van der Waals surface area (Å²) in [6, 6.07) is 5.69. The van der Waals surface area contributed by atoms with Crippen LogP contribution in [-0.4, -0.2) is 99.2 Å². The Labute approximate surface area is 221 Å². The van der Waals surface area contributed by atoms with Gasteiger partial charge < -0.3 is 15.0 Å². The van der Waals surface area contributed by atoms with Gasteiger partial charge in [-0.15, -0.1) is 0 Å². The Bertz CT molecular complexity index is 1530. The molecule has 1 aliphatic heterocycles. The minimum absolute atomic E-state index is 0.435. The Balaban J connectivity index is 1.45. The van der Waals surface area contributed by atoms with Crippen molar-refractivity contribution >= 4 is 32.9 Å². The number of hydrogen-bond donors (Lipinski definition) is 2. The number of nitrogens with one attached hydrogen (secondary N) is 2. The Morgan fingerprint density at radius 1 is 1.08 bits per heavy atom. The summed E-state index contributed by atoms with van der Waals surface area (Å²) in [5.41, 5.74) is 4.49. The van der Waals surface area contributed by atoms with E-state index in [-0.39, 0.29) is 0 Å². The van der Waals surface area contributed by atoms with Gasteiger partial charge >= 0.3 is 0 Å². The lowest BCUT2D eigenvalue weighted by atomic mass is 10.1. The van der Waals surface area contributed by atoms with Crippen LogP contribution in [0.2, 0.25) is 0 Å². The number of aryl methyl sites for hydroxylation is 1. The molecule has 0 amide bonds. The van der Waals surface area contributed by atoms with Gasteiger partial charge in [-0.05, 0) is 24.6 Å². The zero-order chi connectivity index (χ0) is 26.9. The molecule has 1 fully saturated rings. The van der Waals surface area contributed by atoms with E-state index in [0.29, 0.717) is 67.1 Å². The minimum atomic E-state index is -3.42. The second kappa shape index (κ2) is 10.6. The Kier molecular flexibility index (Phi) is 7.21. The van der Waals surface area contributed by atoms with Gasteiger partial charge in [0.05, 0.1) is 25.3 Å². The minimum Gasteiger partial charge on any atom is -0.481 e. The molecular formula is C24H30N10O3S. The van der Waals surface area contributed by atoms with Crippen molar-refractivity contribution in [1.82, 2.24) is 43.4 Å². The Morgan fingerprint density at radius 2 is 1.87 bits per heavy atom. The summed E-state index contributed by atoms with van der Waals surface area (Å²) in [4.78, 5) is 27.9. The maximum Gasteiger partial charge on any atom is 0.281 e. The molecule has 0 aliphatic carbocycles. The molecule has 2 N–H and O–H groups in total. The largest absolute Gasteiger partial charge is 0.481 e. The number of hydrogen-bond acceptors (Lipinski definition) is 10. The van der Waals surface area contributed by atoms with Crippen molar-refractivity contribution in [2.45, 2.75) is 13.5 Å². The van der Waals surface area contributed by atoms with Crippen LogP contribution in [0.5, 0.6) is 5.88 Å². The first kappa shape index (κ1) is 25.9. The molecule has 1 saturated heterocycles. The molecule has 5 rings (SSSR count). The van der Waals surface area contributed by atoms with Gasteiger partial charge in [0.25, 0.3) is 10.2 Å². The number of anilines is 2. The van der Waals surface area contributed by atoms with Crippen LogP contribution in [0, 0.1) is 6.92 Å². The molecule has 0 aromatic carbocycles. The van der Waals surface area contributed by atoms with Crippen molar-refractivity contribution in [3.63, 3.8) is 0 Å². The molecular weight excluding hydrogens is 508 g/mol. The van der Waals surface area contributed by atoms with Crippen molar-refractivity contribution in [2.24, 2.45) is 0 Å². The molecule has 0 atom stereocenters. The van der Waals surface area contributed by atoms with E-state index < -0.39 is 10.2 Å². The van der Waals surface area contributed by atoms with Crippen molar-refractivity contribution in [3.8, 4) is 17.1 Å². The van der Waals surface area contributed by atoms with Crippen LogP contribution in [0.3, 0.4) is 0 Å². The fourth-order valence-electron chi connectivity index (χ4n) is 4.33. The lowest BCUT2D eigenvalue weighted by Gasteiger charge is -2.35. The molecule has 4 aromatic rings. The van der Waals surface area contributed by atoms with Gasteiger partial charge in [-0.3, -0.25) is 4.90 Å². The SMILES string of the molecule is COc1ccc(Nc2ncc(CN3CCN(S(=O)(=O)N(C)C)CC3)cc2-c2nc(C)nc3nc[nH]c23)cn1. The molecule has 14 heteroatoms. The fourth-order valence-corrected chi connectivity index (χ4v) is 5.42. The molecule has 0 spiro atoms. The summed E-state index contributed by atoms with van der Waals surface area (Å²) < 4.78 is 32.9. The number of aromatic nitrogens is 6. The van der Waals surface area contributed by atoms with Gasteiger partial charge in [0.1, 0.15) is 22.9 Å². The van der Waals surface area contributed by atoms with E-state index in [9.17, 15) is 8.42 Å². The number of fused-ring (bicyclic) bond motifs is 1. The van der Waals surface area contributed by atoms with Crippen molar-refractivity contribution in [1.29, 1.82) is 0 Å². The summed E-state index contributed by atoms with van der Waals surface area (Å²) in [6.07, 6.45) is 5.10. The van der Waals surface area contributed by atoms with E-state index in [1.807, 2.05) is 19.2 Å². The average molecular weight is 539 g/mol. The second-order valence-electron chi connectivity index (χ2n) is 9.14. The smallest absolute Gasteiger partial charge is 0.281 e. The molecule has 38 heavy (non-hydrogen) atoms. The van der Waals surface area contributed by atoms with Crippen molar-refractivity contribution in [2.75, 3.05) is 52.7 Å². The third-order valence-corrected chi connectivity index (χ3v) is 8.27. The normalized spacial score (nSPS) is 15.3. The predicted molar refractivity (Wildman–Crippen MR) is 143 cm³/mol. The quantitative estimate of drug-likeness (QED) is 0.340. The van der Waals surface area contributed by atoms with Gasteiger partial charge in [-0.25, -0.2) is 24.9 Å². The number of ether oxygens (including phenoxy) is 1. The molecule has 4 aromatic heterocycles. The number of piperazine rings is 1. The van der Waals surface area contributed by atoms with Gasteiger partial charge in [0.15, 0.2) is 5.65 Å². The van der Waals surface area contributed by atoms with E-state index in [1.165, 1.54) is 8.61 Å². The summed E-state index contributed by atoms with van der Waals surface area (Å²) in [6.45, 7) is 4.57. The molecule has 5 heterocycles. The van der Waals surface area contributed by atoms with E-state index in [0.717, 1.165) is 16.8 Å². The highest BCUT2D eigenvalue weighted by Crippen LogP contribution is 2.32. The van der Waals surface area contributed by atoms with Crippen LogP contribution in [0.1, 0.15) is 11.4 Å². The summed E-state index contributed by atoms with van der Waals surface area (Å²) in [5, 5.41) is 3.35. The van der Waals surface area contributed by atoms with Crippen LogP contribution in [0.4, 0.5) is 11.5 Å². The predicted octanol–water partition coefficient (Wildman–Crippen LogP) is 1.79. The van der Waals surface area contributed by atoms with Gasteiger partial charge in [0.2, 0.25) is 5.88 Å². The van der Waals surface area contributed by atoms with Gasteiger partial charge in [-0.2, -0.15) is 17.0 Å². The number of imidazole rings is 1. The zero-order valence-corrected chi connectivity index (χ0v) is 22.5. The lowest BCUT2D eigenvalue weighted by molar-refractivity contribution is 0.177. The van der Waals surface area contributed by atoms with E-state index in [2.05, 4.69) is 36.2 Å². The molecule has 200 valence electrons. The standard InChI is InChI=1S/C24H30N10O3S/c1-16-29-21(22-24(30-16)28-15-27-22)19-11-17(12-26-23(19)31-18-5-6-20(37-4)25-13-18)14-33-7-9-34(10-8-33)38(35,36)32(2)3/h5-6,11-13,15H,7-10,14H2,1-4H3,(H,26,31)(H,27,28,29,30). The van der Waals surface area contributed by atoms with Gasteiger partial charge in [-0.1, -0.05) is 0 Å². The van der Waals surface area contributed by atoms with Crippen LogP contribution < -0.4 is 10.1 Å². The van der Waals surface area contributed by atoms with Crippen molar-refractivity contribution < 1.29 is 13.2 Å². The molecule has 13 nitrogen and oxygen atoms in total. The molecule has 0 bridgehead atoms. The topological polar surface area (TPSA) is 145 Å². The van der Waals surface area contributed by atoms with E-state index in [1.54, 1.807) is 39.8 Å². The fraction of sp³-hybridized carbons (Fsp3) is 0.375. The van der Waals surface area contributed by atoms with Crippen LogP contribution in [0.15, 0.2) is 36.9 Å². The Hall–Kier alpha value is -3.72. The second-order valence-corrected chi connectivity index (χ2v) is 11.3. The van der Waals surface area contributed by atoms with Crippen LogP contribution >= 0.6 is 0 Å². The summed E-state index contributed by atoms with van der Waals surface area (Å²) >= 11 is 0. The zero-order valence-electron chi connectivity index (χ0n) is 21.7. The summed E-state index contributed by atoms with van der Waals surface area (Å²) in [5.74, 6) is 1.72. The lowest BCUT2D eigenvalue weighted by Crippen LogP contribution is -2.51. The highest BCUT2D eigenvalue weighted by Gasteiger charge is 2.28. The molecule has 1 aliphatic rings. The first-order chi connectivity index (χ1) is 18.2. The number of pyridine rings is 2. The number of nitrogens with zero attached hydrogens (tertiary/aromatic N) is 8. The van der Waals surface area contributed by atoms with Crippen molar-refractivity contribution in [3.05, 3.63) is 48.3 Å². The van der Waals surface area contributed by atoms with Crippen LogP contribution in [0.25, 0.3) is 22.4 Å². The maximum absolute atomic E-state index is 12.5. The third kappa shape index (κ3) is 5.29. The Morgan fingerprint density at radius 3 is 2.55 bits per heavy atom. The monoisotopic (exact) mass is 538 g/mol. The van der Waals surface area contributed by atoms with Crippen LogP contribution in [-0.2, 0) is 16.8 Å². The van der Waals surface area contributed by atoms with E-state index in [4.69, 9.17) is 14.7 Å². The van der Waals surface area contributed by atoms with E-state index >= 15 is 0 Å². The molecule has 0 saturated carbocycles. The first-order valence-electron chi connectivity index (χ1n) is 12.1. The highest BCUT2D eigenvalue weighted by molar-refractivity contribution is 7.86. The highest BCUT2D eigenvalue weighted by atomic mass is 32.2. The average Bonchev–Trinajstić information content (AvgIpc) is 3.38. The maximum atomic E-state index is 12.5. The van der Waals surface area contributed by atoms with Gasteiger partial charge in [0, 0.05) is 64.6 Å². The first-order valence-corrected chi connectivity index (χ1v) is 13.5. The number of H-pyrrole nitrogens is 1. The summed E-state index contributed by atoms with van der Waals surface area (Å²) in [7, 11) is 1.26.